The highest BCUT2D eigenvalue weighted by Gasteiger charge is 2.28. The molecule has 2 rings (SSSR count). The molecule has 1 nitrogen and oxygen atoms in total. The van der Waals surface area contributed by atoms with Crippen LogP contribution in [0.5, 0.6) is 0 Å². The Kier molecular flexibility index (Phi) is 3.26. The van der Waals surface area contributed by atoms with Crippen LogP contribution in [0.2, 0.25) is 0 Å². The number of hydrogen-bond acceptors (Lipinski definition) is 1. The van der Waals surface area contributed by atoms with Crippen LogP contribution >= 0.6 is 0 Å². The largest absolute Gasteiger partial charge is 0.396 e. The first-order chi connectivity index (χ1) is 6.40. The summed E-state index contributed by atoms with van der Waals surface area (Å²) in [4.78, 5) is 0. The van der Waals surface area contributed by atoms with E-state index in [2.05, 4.69) is 0 Å². The van der Waals surface area contributed by atoms with Gasteiger partial charge in [-0.2, -0.15) is 0 Å². The first-order valence-electron chi connectivity index (χ1n) is 6.01. The third-order valence-corrected chi connectivity index (χ3v) is 4.22. The van der Waals surface area contributed by atoms with Crippen LogP contribution in [0.15, 0.2) is 0 Å². The molecular formula is C12H22O. The maximum absolute atomic E-state index is 9.04. The van der Waals surface area contributed by atoms with Crippen molar-refractivity contribution >= 4 is 0 Å². The Morgan fingerprint density at radius 1 is 0.769 bits per heavy atom. The molecule has 0 aromatic rings. The maximum atomic E-state index is 9.04. The summed E-state index contributed by atoms with van der Waals surface area (Å²) in [5.74, 6) is 2.71. The summed E-state index contributed by atoms with van der Waals surface area (Å²) in [6.45, 7) is 0.428. The second-order valence-electron chi connectivity index (χ2n) is 5.01. The molecule has 0 saturated heterocycles. The van der Waals surface area contributed by atoms with Crippen LogP contribution in [-0.2, 0) is 0 Å². The van der Waals surface area contributed by atoms with E-state index in [0.29, 0.717) is 12.5 Å². The molecule has 13 heavy (non-hydrogen) atoms. The topological polar surface area (TPSA) is 20.2 Å². The third-order valence-electron chi connectivity index (χ3n) is 4.22. The molecule has 2 fully saturated rings. The predicted molar refractivity (Wildman–Crippen MR) is 54.5 cm³/mol. The Hall–Kier alpha value is -0.0400. The van der Waals surface area contributed by atoms with Crippen molar-refractivity contribution in [1.29, 1.82) is 0 Å². The Bertz CT molecular complexity index is 141. The van der Waals surface area contributed by atoms with Gasteiger partial charge in [0.05, 0.1) is 0 Å². The van der Waals surface area contributed by atoms with E-state index in [0.717, 1.165) is 11.8 Å². The molecule has 2 aliphatic carbocycles. The fraction of sp³-hybridized carbons (Fsp3) is 1.00. The molecule has 0 unspecified atom stereocenters. The fourth-order valence-electron chi connectivity index (χ4n) is 3.27. The van der Waals surface area contributed by atoms with Crippen LogP contribution in [0.3, 0.4) is 0 Å². The minimum absolute atomic E-state index is 0.428. The van der Waals surface area contributed by atoms with Crippen LogP contribution in [0.25, 0.3) is 0 Å². The third kappa shape index (κ3) is 2.25. The standard InChI is InChI=1S/C12H22O/c13-9-10-5-7-12(8-6-10)11-3-1-2-4-11/h10-13H,1-9H2/t10-,12-. The minimum atomic E-state index is 0.428. The first-order valence-corrected chi connectivity index (χ1v) is 6.01. The molecule has 0 bridgehead atoms. The highest BCUT2D eigenvalue weighted by molar-refractivity contribution is 4.80. The van der Waals surface area contributed by atoms with Crippen LogP contribution in [0, 0.1) is 17.8 Å². The van der Waals surface area contributed by atoms with Crippen LogP contribution in [0.1, 0.15) is 51.4 Å². The fourth-order valence-corrected chi connectivity index (χ4v) is 3.27. The summed E-state index contributed by atoms with van der Waals surface area (Å²) in [5.41, 5.74) is 0. The lowest BCUT2D eigenvalue weighted by atomic mass is 9.75. The van der Waals surface area contributed by atoms with Crippen molar-refractivity contribution in [1.82, 2.24) is 0 Å². The van der Waals surface area contributed by atoms with Crippen molar-refractivity contribution < 1.29 is 5.11 Å². The molecule has 0 radical (unpaired) electrons. The number of aliphatic hydroxyl groups excluding tert-OH is 1. The van der Waals surface area contributed by atoms with E-state index >= 15 is 0 Å². The maximum Gasteiger partial charge on any atom is 0.0459 e. The summed E-state index contributed by atoms with van der Waals surface area (Å²) in [5, 5.41) is 9.04. The van der Waals surface area contributed by atoms with Crippen molar-refractivity contribution in [3.8, 4) is 0 Å². The Morgan fingerprint density at radius 2 is 1.31 bits per heavy atom. The molecule has 2 saturated carbocycles. The molecule has 0 spiro atoms. The van der Waals surface area contributed by atoms with E-state index in [1.807, 2.05) is 0 Å². The van der Waals surface area contributed by atoms with Crippen molar-refractivity contribution in [2.45, 2.75) is 51.4 Å². The smallest absolute Gasteiger partial charge is 0.0459 e. The summed E-state index contributed by atoms with van der Waals surface area (Å²) in [6, 6.07) is 0. The Labute approximate surface area is 81.5 Å². The van der Waals surface area contributed by atoms with E-state index in [-0.39, 0.29) is 0 Å². The average Bonchev–Trinajstić information content (AvgIpc) is 2.71. The number of rotatable bonds is 2. The van der Waals surface area contributed by atoms with Crippen molar-refractivity contribution in [3.63, 3.8) is 0 Å². The minimum Gasteiger partial charge on any atom is -0.396 e. The SMILES string of the molecule is OC[C@H]1CC[C@H](C2CCCC2)CC1. The van der Waals surface area contributed by atoms with Gasteiger partial charge in [0.15, 0.2) is 0 Å². The van der Waals surface area contributed by atoms with Gasteiger partial charge in [0.1, 0.15) is 0 Å². The molecule has 0 aliphatic heterocycles. The monoisotopic (exact) mass is 182 g/mol. The molecule has 1 heteroatoms. The van der Waals surface area contributed by atoms with Crippen molar-refractivity contribution in [3.05, 3.63) is 0 Å². The normalized spacial score (nSPS) is 36.7. The van der Waals surface area contributed by atoms with Crippen LogP contribution in [-0.4, -0.2) is 11.7 Å². The van der Waals surface area contributed by atoms with Gasteiger partial charge in [-0.1, -0.05) is 25.7 Å². The predicted octanol–water partition coefficient (Wildman–Crippen LogP) is 2.98. The quantitative estimate of drug-likeness (QED) is 0.696. The van der Waals surface area contributed by atoms with Gasteiger partial charge >= 0.3 is 0 Å². The van der Waals surface area contributed by atoms with E-state index in [1.165, 1.54) is 51.4 Å². The zero-order valence-corrected chi connectivity index (χ0v) is 8.54. The lowest BCUT2D eigenvalue weighted by Gasteiger charge is -2.31. The first kappa shape index (κ1) is 9.51. The second kappa shape index (κ2) is 4.45. The second-order valence-corrected chi connectivity index (χ2v) is 5.01. The van der Waals surface area contributed by atoms with E-state index in [9.17, 15) is 0 Å². The van der Waals surface area contributed by atoms with Crippen LogP contribution in [0.4, 0.5) is 0 Å². The van der Waals surface area contributed by atoms with E-state index in [4.69, 9.17) is 5.11 Å². The van der Waals surface area contributed by atoms with Gasteiger partial charge < -0.3 is 5.11 Å². The molecular weight excluding hydrogens is 160 g/mol. The van der Waals surface area contributed by atoms with Crippen molar-refractivity contribution in [2.75, 3.05) is 6.61 Å². The van der Waals surface area contributed by atoms with Gasteiger partial charge in [-0.25, -0.2) is 0 Å². The molecule has 2 aliphatic rings. The summed E-state index contributed by atoms with van der Waals surface area (Å²) in [6.07, 6.45) is 11.3. The van der Waals surface area contributed by atoms with Gasteiger partial charge in [0.25, 0.3) is 0 Å². The molecule has 76 valence electrons. The van der Waals surface area contributed by atoms with Crippen molar-refractivity contribution in [2.24, 2.45) is 17.8 Å². The highest BCUT2D eigenvalue weighted by atomic mass is 16.3. The Morgan fingerprint density at radius 3 is 1.85 bits per heavy atom. The van der Waals surface area contributed by atoms with E-state index in [1.54, 1.807) is 0 Å². The van der Waals surface area contributed by atoms with Gasteiger partial charge in [-0.15, -0.1) is 0 Å². The molecule has 0 atom stereocenters. The van der Waals surface area contributed by atoms with Gasteiger partial charge in [0, 0.05) is 6.61 Å². The highest BCUT2D eigenvalue weighted by Crippen LogP contribution is 2.40. The molecule has 0 aromatic carbocycles. The zero-order valence-electron chi connectivity index (χ0n) is 8.54. The molecule has 0 amide bonds. The summed E-state index contributed by atoms with van der Waals surface area (Å²) in [7, 11) is 0. The number of hydrogen-bond donors (Lipinski definition) is 1. The Balaban J connectivity index is 1.77. The summed E-state index contributed by atoms with van der Waals surface area (Å²) < 4.78 is 0. The molecule has 0 aromatic heterocycles. The lowest BCUT2D eigenvalue weighted by molar-refractivity contribution is 0.144. The summed E-state index contributed by atoms with van der Waals surface area (Å²) >= 11 is 0. The van der Waals surface area contributed by atoms with Crippen LogP contribution < -0.4 is 0 Å². The van der Waals surface area contributed by atoms with Gasteiger partial charge in [-0.05, 0) is 43.4 Å². The molecule has 1 N–H and O–H groups in total. The van der Waals surface area contributed by atoms with E-state index < -0.39 is 0 Å². The van der Waals surface area contributed by atoms with Gasteiger partial charge in [0.2, 0.25) is 0 Å². The number of aliphatic hydroxyl groups is 1. The lowest BCUT2D eigenvalue weighted by Crippen LogP contribution is -2.21. The van der Waals surface area contributed by atoms with Gasteiger partial charge in [-0.3, -0.25) is 0 Å². The zero-order chi connectivity index (χ0) is 9.10. The average molecular weight is 182 g/mol. The molecule has 0 heterocycles.